The molecule has 0 spiro atoms. The fourth-order valence-electron chi connectivity index (χ4n) is 1.05. The van der Waals surface area contributed by atoms with E-state index in [4.69, 9.17) is 0 Å². The van der Waals surface area contributed by atoms with Gasteiger partial charge in [-0.15, -0.1) is 11.3 Å². The standard InChI is InChI=1S/C8H3BrF2S/c9-5-1-4(10)2-7-8(5)6(11)3-12-7/h1-3H. The zero-order valence-electron chi connectivity index (χ0n) is 5.77. The van der Waals surface area contributed by atoms with Crippen molar-refractivity contribution in [2.24, 2.45) is 0 Å². The fourth-order valence-corrected chi connectivity index (χ4v) is 2.66. The molecule has 1 heterocycles. The highest BCUT2D eigenvalue weighted by Crippen LogP contribution is 2.31. The summed E-state index contributed by atoms with van der Waals surface area (Å²) in [7, 11) is 0. The molecule has 2 rings (SSSR count). The van der Waals surface area contributed by atoms with Crippen LogP contribution in [0, 0.1) is 11.6 Å². The van der Waals surface area contributed by atoms with Gasteiger partial charge in [-0.2, -0.15) is 0 Å². The molecular formula is C8H3BrF2S. The van der Waals surface area contributed by atoms with Gasteiger partial charge in [-0.1, -0.05) is 0 Å². The zero-order chi connectivity index (χ0) is 8.72. The third-order valence-electron chi connectivity index (χ3n) is 1.55. The van der Waals surface area contributed by atoms with Crippen molar-refractivity contribution in [1.29, 1.82) is 0 Å². The van der Waals surface area contributed by atoms with Crippen LogP contribution in [0.4, 0.5) is 8.78 Å². The first-order chi connectivity index (χ1) is 5.68. The Labute approximate surface area is 80.0 Å². The second-order valence-corrected chi connectivity index (χ2v) is 4.11. The van der Waals surface area contributed by atoms with E-state index in [1.54, 1.807) is 0 Å². The molecule has 0 fully saturated rings. The quantitative estimate of drug-likeness (QED) is 0.663. The van der Waals surface area contributed by atoms with Crippen LogP contribution in [-0.4, -0.2) is 0 Å². The topological polar surface area (TPSA) is 0 Å². The van der Waals surface area contributed by atoms with E-state index in [0.717, 1.165) is 0 Å². The average molecular weight is 249 g/mol. The number of fused-ring (bicyclic) bond motifs is 1. The molecule has 0 atom stereocenters. The summed E-state index contributed by atoms with van der Waals surface area (Å²) in [5.41, 5.74) is 0. The van der Waals surface area contributed by atoms with Gasteiger partial charge in [0, 0.05) is 19.9 Å². The molecule has 1 aromatic heterocycles. The predicted octanol–water partition coefficient (Wildman–Crippen LogP) is 3.94. The second kappa shape index (κ2) is 2.78. The largest absolute Gasteiger partial charge is 0.207 e. The first kappa shape index (κ1) is 8.13. The summed E-state index contributed by atoms with van der Waals surface area (Å²) in [4.78, 5) is 0. The van der Waals surface area contributed by atoms with Gasteiger partial charge in [0.05, 0.1) is 0 Å². The van der Waals surface area contributed by atoms with Gasteiger partial charge in [0.15, 0.2) is 0 Å². The molecule has 0 N–H and O–H groups in total. The highest BCUT2D eigenvalue weighted by molar-refractivity contribution is 9.10. The first-order valence-electron chi connectivity index (χ1n) is 3.20. The minimum Gasteiger partial charge on any atom is -0.207 e. The molecule has 1 aromatic carbocycles. The van der Waals surface area contributed by atoms with Gasteiger partial charge in [-0.25, -0.2) is 8.78 Å². The van der Waals surface area contributed by atoms with Gasteiger partial charge in [0.25, 0.3) is 0 Å². The molecule has 0 nitrogen and oxygen atoms in total. The molecule has 0 unspecified atom stereocenters. The van der Waals surface area contributed by atoms with Crippen LogP contribution in [0.5, 0.6) is 0 Å². The van der Waals surface area contributed by atoms with Crippen LogP contribution in [0.2, 0.25) is 0 Å². The monoisotopic (exact) mass is 248 g/mol. The summed E-state index contributed by atoms with van der Waals surface area (Å²) < 4.78 is 26.9. The maximum atomic E-state index is 13.0. The molecule has 62 valence electrons. The Bertz CT molecular complexity index is 436. The Morgan fingerprint density at radius 2 is 2.00 bits per heavy atom. The molecule has 0 aliphatic heterocycles. The van der Waals surface area contributed by atoms with E-state index in [1.165, 1.54) is 28.8 Å². The summed E-state index contributed by atoms with van der Waals surface area (Å²) in [6.07, 6.45) is 0. The predicted molar refractivity (Wildman–Crippen MR) is 49.4 cm³/mol. The third kappa shape index (κ3) is 1.15. The van der Waals surface area contributed by atoms with E-state index in [2.05, 4.69) is 15.9 Å². The molecule has 0 saturated heterocycles. The number of thiophene rings is 1. The van der Waals surface area contributed by atoms with Crippen molar-refractivity contribution in [2.45, 2.75) is 0 Å². The molecule has 0 amide bonds. The van der Waals surface area contributed by atoms with Crippen molar-refractivity contribution >= 4 is 37.4 Å². The molecule has 0 saturated carbocycles. The highest BCUT2D eigenvalue weighted by Gasteiger charge is 2.08. The maximum Gasteiger partial charge on any atom is 0.142 e. The van der Waals surface area contributed by atoms with Crippen LogP contribution in [0.3, 0.4) is 0 Å². The lowest BCUT2D eigenvalue weighted by Gasteiger charge is -1.94. The van der Waals surface area contributed by atoms with E-state index in [9.17, 15) is 8.78 Å². The van der Waals surface area contributed by atoms with Crippen LogP contribution < -0.4 is 0 Å². The minimum atomic E-state index is -0.351. The number of rotatable bonds is 0. The van der Waals surface area contributed by atoms with Crippen LogP contribution in [-0.2, 0) is 0 Å². The Hall–Kier alpha value is -0.480. The van der Waals surface area contributed by atoms with Gasteiger partial charge in [0.2, 0.25) is 0 Å². The number of hydrogen-bond donors (Lipinski definition) is 0. The SMILES string of the molecule is Fc1cc(Br)c2c(F)csc2c1. The van der Waals surface area contributed by atoms with Crippen molar-refractivity contribution in [2.75, 3.05) is 0 Å². The lowest BCUT2D eigenvalue weighted by atomic mass is 10.2. The highest BCUT2D eigenvalue weighted by atomic mass is 79.9. The van der Waals surface area contributed by atoms with Crippen molar-refractivity contribution < 1.29 is 8.78 Å². The molecule has 2 aromatic rings. The molecular weight excluding hydrogens is 246 g/mol. The zero-order valence-corrected chi connectivity index (χ0v) is 8.18. The van der Waals surface area contributed by atoms with Crippen molar-refractivity contribution in [1.82, 2.24) is 0 Å². The first-order valence-corrected chi connectivity index (χ1v) is 4.87. The van der Waals surface area contributed by atoms with Gasteiger partial charge in [-0.3, -0.25) is 0 Å². The van der Waals surface area contributed by atoms with E-state index in [-0.39, 0.29) is 11.6 Å². The van der Waals surface area contributed by atoms with Crippen molar-refractivity contribution in [3.63, 3.8) is 0 Å². The minimum absolute atomic E-state index is 0.304. The third-order valence-corrected chi connectivity index (χ3v) is 3.07. The summed E-state index contributed by atoms with van der Waals surface area (Å²) in [5.74, 6) is -0.655. The maximum absolute atomic E-state index is 13.0. The van der Waals surface area contributed by atoms with E-state index in [1.807, 2.05) is 0 Å². The van der Waals surface area contributed by atoms with Crippen molar-refractivity contribution in [3.05, 3.63) is 33.6 Å². The Balaban J connectivity index is 2.93. The van der Waals surface area contributed by atoms with E-state index in [0.29, 0.717) is 14.6 Å². The van der Waals surface area contributed by atoms with Crippen LogP contribution in [0.1, 0.15) is 0 Å². The van der Waals surface area contributed by atoms with Gasteiger partial charge < -0.3 is 0 Å². The molecule has 12 heavy (non-hydrogen) atoms. The summed E-state index contributed by atoms with van der Waals surface area (Å²) in [6, 6.07) is 2.59. The molecule has 0 aliphatic rings. The van der Waals surface area contributed by atoms with Gasteiger partial charge >= 0.3 is 0 Å². The smallest absolute Gasteiger partial charge is 0.142 e. The van der Waals surface area contributed by atoms with E-state index >= 15 is 0 Å². The summed E-state index contributed by atoms with van der Waals surface area (Å²) in [6.45, 7) is 0. The van der Waals surface area contributed by atoms with Crippen molar-refractivity contribution in [3.8, 4) is 0 Å². The number of benzene rings is 1. The van der Waals surface area contributed by atoms with Gasteiger partial charge in [0.1, 0.15) is 11.6 Å². The average Bonchev–Trinajstić information content (AvgIpc) is 2.31. The Morgan fingerprint density at radius 3 is 2.75 bits per heavy atom. The van der Waals surface area contributed by atoms with Gasteiger partial charge in [-0.05, 0) is 28.1 Å². The fraction of sp³-hybridized carbons (Fsp3) is 0. The van der Waals surface area contributed by atoms with E-state index < -0.39 is 0 Å². The normalized spacial score (nSPS) is 10.9. The summed E-state index contributed by atoms with van der Waals surface area (Å²) >= 11 is 4.30. The lowest BCUT2D eigenvalue weighted by molar-refractivity contribution is 0.627. The Morgan fingerprint density at radius 1 is 1.25 bits per heavy atom. The van der Waals surface area contributed by atoms with Crippen LogP contribution in [0.25, 0.3) is 10.1 Å². The second-order valence-electron chi connectivity index (χ2n) is 2.34. The van der Waals surface area contributed by atoms with Crippen LogP contribution in [0.15, 0.2) is 22.0 Å². The molecule has 0 bridgehead atoms. The Kier molecular flexibility index (Phi) is 1.88. The number of halogens is 3. The van der Waals surface area contributed by atoms with Crippen LogP contribution >= 0.6 is 27.3 Å². The molecule has 0 radical (unpaired) electrons. The molecule has 0 aliphatic carbocycles. The molecule has 4 heteroatoms. The summed E-state index contributed by atoms with van der Waals surface area (Å²) in [5, 5.41) is 1.83. The lowest BCUT2D eigenvalue weighted by Crippen LogP contribution is -1.76. The number of hydrogen-bond acceptors (Lipinski definition) is 1.